The zero-order valence-electron chi connectivity index (χ0n) is 23.0. The number of likely N-dealkylation sites (tertiary alicyclic amines) is 1. The molecule has 1 aromatic heterocycles. The number of aliphatic carboxylic acids is 1. The van der Waals surface area contributed by atoms with Crippen LogP contribution in [0.3, 0.4) is 0 Å². The number of carbonyl (C=O) groups is 3. The highest BCUT2D eigenvalue weighted by atomic mass is 16.6. The van der Waals surface area contributed by atoms with Gasteiger partial charge in [-0.05, 0) is 62.8 Å². The molecule has 2 amide bonds. The van der Waals surface area contributed by atoms with Crippen molar-refractivity contribution in [2.75, 3.05) is 6.54 Å². The molecule has 2 saturated carbocycles. The highest BCUT2D eigenvalue weighted by Gasteiger charge is 2.45. The van der Waals surface area contributed by atoms with Gasteiger partial charge in [0.15, 0.2) is 5.88 Å². The molecule has 3 fully saturated rings. The van der Waals surface area contributed by atoms with Crippen LogP contribution in [-0.4, -0.2) is 63.4 Å². The van der Waals surface area contributed by atoms with Gasteiger partial charge >= 0.3 is 12.1 Å². The van der Waals surface area contributed by atoms with Crippen LogP contribution < -0.4 is 15.6 Å². The zero-order chi connectivity index (χ0) is 28.6. The number of aromatic nitrogens is 1. The van der Waals surface area contributed by atoms with E-state index in [0.717, 1.165) is 57.8 Å². The number of carboxylic acid groups (broad SMARTS) is 1. The minimum Gasteiger partial charge on any atom is -0.480 e. The van der Waals surface area contributed by atoms with E-state index in [4.69, 9.17) is 9.47 Å². The SMILES string of the molecule is C=CCC[C@@H]1CCC[C@H]1OC(=O)N[C@H](C(=O)N1C[C@H](Oc2cccc(=O)n2CC=C)C[C@H]1C(=O)O)C1CCCC1. The van der Waals surface area contributed by atoms with Crippen molar-refractivity contribution in [3.8, 4) is 5.88 Å². The number of rotatable bonds is 12. The van der Waals surface area contributed by atoms with Crippen LogP contribution in [0.4, 0.5) is 4.79 Å². The van der Waals surface area contributed by atoms with E-state index in [1.54, 1.807) is 18.2 Å². The van der Waals surface area contributed by atoms with E-state index in [9.17, 15) is 24.3 Å². The van der Waals surface area contributed by atoms with Gasteiger partial charge in [-0.2, -0.15) is 0 Å². The number of amides is 2. The maximum absolute atomic E-state index is 13.9. The molecule has 1 aliphatic heterocycles. The van der Waals surface area contributed by atoms with E-state index in [2.05, 4.69) is 18.5 Å². The number of allylic oxidation sites excluding steroid dienone is 2. The number of carbonyl (C=O) groups excluding carboxylic acids is 2. The van der Waals surface area contributed by atoms with Crippen molar-refractivity contribution >= 4 is 18.0 Å². The Kier molecular flexibility index (Phi) is 10.1. The fourth-order valence-corrected chi connectivity index (χ4v) is 6.41. The van der Waals surface area contributed by atoms with Gasteiger partial charge in [-0.3, -0.25) is 14.2 Å². The van der Waals surface area contributed by atoms with Crippen molar-refractivity contribution < 1.29 is 29.0 Å². The smallest absolute Gasteiger partial charge is 0.408 e. The highest BCUT2D eigenvalue weighted by molar-refractivity contribution is 5.90. The molecule has 0 unspecified atom stereocenters. The number of nitrogens with one attached hydrogen (secondary N) is 1. The van der Waals surface area contributed by atoms with E-state index in [-0.39, 0.29) is 48.9 Å². The van der Waals surface area contributed by atoms with Gasteiger partial charge in [0.2, 0.25) is 5.91 Å². The fourth-order valence-electron chi connectivity index (χ4n) is 6.41. The van der Waals surface area contributed by atoms with E-state index in [1.165, 1.54) is 15.5 Å². The monoisotopic (exact) mass is 555 g/mol. The molecule has 1 saturated heterocycles. The Morgan fingerprint density at radius 2 is 1.88 bits per heavy atom. The van der Waals surface area contributed by atoms with Crippen LogP contribution in [0.5, 0.6) is 5.88 Å². The minimum absolute atomic E-state index is 0.0270. The van der Waals surface area contributed by atoms with Crippen molar-refractivity contribution in [2.24, 2.45) is 11.8 Å². The van der Waals surface area contributed by atoms with Gasteiger partial charge in [0, 0.05) is 19.0 Å². The summed E-state index contributed by atoms with van der Waals surface area (Å²) in [4.78, 5) is 52.8. The normalized spacial score (nSPS) is 25.4. The predicted octanol–water partition coefficient (Wildman–Crippen LogP) is 3.89. The summed E-state index contributed by atoms with van der Waals surface area (Å²) in [6.45, 7) is 7.72. The van der Waals surface area contributed by atoms with Gasteiger partial charge in [0.25, 0.3) is 5.56 Å². The zero-order valence-corrected chi connectivity index (χ0v) is 23.0. The molecule has 218 valence electrons. The molecule has 0 spiro atoms. The lowest BCUT2D eigenvalue weighted by Gasteiger charge is -2.31. The molecule has 2 N–H and O–H groups in total. The lowest BCUT2D eigenvalue weighted by molar-refractivity contribution is -0.149. The van der Waals surface area contributed by atoms with Crippen LogP contribution in [0.15, 0.2) is 48.3 Å². The molecule has 40 heavy (non-hydrogen) atoms. The van der Waals surface area contributed by atoms with E-state index < -0.39 is 36.2 Å². The molecule has 0 radical (unpaired) electrons. The molecule has 10 nitrogen and oxygen atoms in total. The summed E-state index contributed by atoms with van der Waals surface area (Å²) in [5.74, 6) is -1.11. The highest BCUT2D eigenvalue weighted by Crippen LogP contribution is 2.33. The van der Waals surface area contributed by atoms with Crippen molar-refractivity contribution in [1.82, 2.24) is 14.8 Å². The van der Waals surface area contributed by atoms with Gasteiger partial charge in [-0.1, -0.05) is 31.1 Å². The van der Waals surface area contributed by atoms with E-state index >= 15 is 0 Å². The van der Waals surface area contributed by atoms with Crippen molar-refractivity contribution in [3.05, 3.63) is 53.9 Å². The Labute approximate surface area is 235 Å². The first kappa shape index (κ1) is 29.4. The molecule has 5 atom stereocenters. The number of carboxylic acids is 1. The van der Waals surface area contributed by atoms with Crippen LogP contribution >= 0.6 is 0 Å². The lowest BCUT2D eigenvalue weighted by atomic mass is 9.96. The molecule has 1 aromatic rings. The van der Waals surface area contributed by atoms with Crippen molar-refractivity contribution in [1.29, 1.82) is 0 Å². The minimum atomic E-state index is -1.14. The first-order valence-corrected chi connectivity index (χ1v) is 14.4. The number of pyridine rings is 1. The quantitative estimate of drug-likeness (QED) is 0.375. The summed E-state index contributed by atoms with van der Waals surface area (Å²) in [7, 11) is 0. The average molecular weight is 556 g/mol. The van der Waals surface area contributed by atoms with Crippen LogP contribution in [0, 0.1) is 11.8 Å². The number of alkyl carbamates (subject to hydrolysis) is 1. The van der Waals surface area contributed by atoms with Crippen LogP contribution in [0.25, 0.3) is 0 Å². The third-order valence-corrected chi connectivity index (χ3v) is 8.44. The van der Waals surface area contributed by atoms with Crippen molar-refractivity contribution in [3.63, 3.8) is 0 Å². The second-order valence-electron chi connectivity index (χ2n) is 11.1. The molecule has 4 rings (SSSR count). The van der Waals surface area contributed by atoms with Crippen molar-refractivity contribution in [2.45, 2.75) is 95.0 Å². The number of ether oxygens (including phenoxy) is 2. The molecule has 2 aliphatic carbocycles. The lowest BCUT2D eigenvalue weighted by Crippen LogP contribution is -2.55. The Hall–Kier alpha value is -3.56. The van der Waals surface area contributed by atoms with Gasteiger partial charge in [0.05, 0.1) is 6.54 Å². The first-order valence-electron chi connectivity index (χ1n) is 14.4. The Morgan fingerprint density at radius 3 is 2.58 bits per heavy atom. The van der Waals surface area contributed by atoms with Gasteiger partial charge < -0.3 is 24.8 Å². The van der Waals surface area contributed by atoms with E-state index in [0.29, 0.717) is 0 Å². The largest absolute Gasteiger partial charge is 0.480 e. The Bertz CT molecular complexity index is 1140. The second kappa shape index (κ2) is 13.7. The molecule has 0 aromatic carbocycles. The summed E-state index contributed by atoms with van der Waals surface area (Å²) in [5, 5.41) is 12.8. The number of nitrogens with zero attached hydrogens (tertiary/aromatic N) is 2. The summed E-state index contributed by atoms with van der Waals surface area (Å²) < 4.78 is 13.3. The first-order chi connectivity index (χ1) is 19.3. The Balaban J connectivity index is 1.48. The van der Waals surface area contributed by atoms with Gasteiger partial charge in [-0.25, -0.2) is 9.59 Å². The summed E-state index contributed by atoms with van der Waals surface area (Å²) >= 11 is 0. The summed E-state index contributed by atoms with van der Waals surface area (Å²) in [6.07, 6.45) is 10.0. The third-order valence-electron chi connectivity index (χ3n) is 8.44. The summed E-state index contributed by atoms with van der Waals surface area (Å²) in [5.41, 5.74) is -0.267. The van der Waals surface area contributed by atoms with Gasteiger partial charge in [-0.15, -0.1) is 13.2 Å². The fraction of sp³-hybridized carbons (Fsp3) is 0.600. The molecule has 10 heteroatoms. The number of hydrogen-bond acceptors (Lipinski definition) is 6. The summed E-state index contributed by atoms with van der Waals surface area (Å²) in [6, 6.07) is 2.63. The second-order valence-corrected chi connectivity index (χ2v) is 11.1. The maximum atomic E-state index is 13.9. The molecular formula is C30H41N3O7. The molecular weight excluding hydrogens is 514 g/mol. The van der Waals surface area contributed by atoms with Crippen LogP contribution in [0.1, 0.15) is 64.2 Å². The average Bonchev–Trinajstić information content (AvgIpc) is 3.69. The predicted molar refractivity (Wildman–Crippen MR) is 149 cm³/mol. The van der Waals surface area contributed by atoms with Crippen LogP contribution in [-0.2, 0) is 20.9 Å². The van der Waals surface area contributed by atoms with E-state index in [1.807, 2.05) is 6.08 Å². The van der Waals surface area contributed by atoms with Gasteiger partial charge in [0.1, 0.15) is 24.3 Å². The molecule has 3 aliphatic rings. The Morgan fingerprint density at radius 1 is 1.10 bits per heavy atom. The maximum Gasteiger partial charge on any atom is 0.408 e. The third kappa shape index (κ3) is 6.95. The topological polar surface area (TPSA) is 127 Å². The number of hydrogen-bond donors (Lipinski definition) is 2. The molecule has 2 heterocycles. The molecule has 0 bridgehead atoms. The standard InChI is InChI=1S/C30H41N3O7/c1-3-5-10-20-13-8-14-24(20)40-30(38)31-27(21-11-6-7-12-21)28(35)33-19-22(18-23(33)29(36)37)39-26-16-9-15-25(34)32(26)17-4-2/h3-4,9,15-16,20-24,27H,1-2,5-8,10-14,17-19H2,(H,31,38)(H,36,37)/t20-,22-,23+,24-,27+/m1/s1. The van der Waals surface area contributed by atoms with Crippen LogP contribution in [0.2, 0.25) is 0 Å².